The second kappa shape index (κ2) is 4.10. The predicted molar refractivity (Wildman–Crippen MR) is 47.2 cm³/mol. The highest BCUT2D eigenvalue weighted by molar-refractivity contribution is 6.80. The lowest BCUT2D eigenvalue weighted by Crippen LogP contribution is -2.24. The highest BCUT2D eigenvalue weighted by atomic mass is 28.3. The molecule has 9 heavy (non-hydrogen) atoms. The van der Waals surface area contributed by atoms with Crippen LogP contribution in [0.25, 0.3) is 0 Å². The fraction of sp³-hybridized carbons (Fsp3) is 0.875. The molecule has 0 spiro atoms. The van der Waals surface area contributed by atoms with Gasteiger partial charge in [0.15, 0.2) is 0 Å². The summed E-state index contributed by atoms with van der Waals surface area (Å²) in [6, 6.07) is 2.81. The lowest BCUT2D eigenvalue weighted by atomic mass is 10.6. The van der Waals surface area contributed by atoms with Crippen LogP contribution in [0.15, 0.2) is 0 Å². The van der Waals surface area contributed by atoms with Gasteiger partial charge in [0, 0.05) is 0 Å². The second-order valence-corrected chi connectivity index (χ2v) is 7.93. The Kier molecular flexibility index (Phi) is 4.20. The van der Waals surface area contributed by atoms with Crippen LogP contribution in [0, 0.1) is 6.55 Å². The summed E-state index contributed by atoms with van der Waals surface area (Å²) in [5.41, 5.74) is 0. The van der Waals surface area contributed by atoms with Gasteiger partial charge in [-0.05, 0) is 0 Å². The van der Waals surface area contributed by atoms with Gasteiger partial charge in [0.05, 0.1) is 8.07 Å². The van der Waals surface area contributed by atoms with E-state index in [1.54, 1.807) is 0 Å². The predicted octanol–water partition coefficient (Wildman–Crippen LogP) is 3.26. The molecule has 0 N–H and O–H groups in total. The number of hydrogen-bond donors (Lipinski definition) is 0. The Balaban J connectivity index is 3.43. The van der Waals surface area contributed by atoms with Crippen molar-refractivity contribution < 1.29 is 0 Å². The van der Waals surface area contributed by atoms with Crippen molar-refractivity contribution >= 4 is 8.07 Å². The average molecular weight is 143 g/mol. The third kappa shape index (κ3) is 4.70. The van der Waals surface area contributed by atoms with Gasteiger partial charge in [-0.3, -0.25) is 0 Å². The largest absolute Gasteiger partial charge is 0.0692 e. The summed E-state index contributed by atoms with van der Waals surface area (Å²) in [7, 11) is -0.953. The van der Waals surface area contributed by atoms with Crippen molar-refractivity contribution in [3.63, 3.8) is 0 Å². The van der Waals surface area contributed by atoms with Gasteiger partial charge in [-0.25, -0.2) is 0 Å². The second-order valence-electron chi connectivity index (χ2n) is 3.31. The van der Waals surface area contributed by atoms with Gasteiger partial charge >= 0.3 is 0 Å². The molecular formula is C8H19Si. The minimum Gasteiger partial charge on any atom is -0.0692 e. The van der Waals surface area contributed by atoms with Gasteiger partial charge in [0.25, 0.3) is 0 Å². The first-order valence-electron chi connectivity index (χ1n) is 3.97. The van der Waals surface area contributed by atoms with Crippen LogP contribution in [0.4, 0.5) is 0 Å². The third-order valence-corrected chi connectivity index (χ3v) is 5.12. The van der Waals surface area contributed by atoms with Gasteiger partial charge in [0.2, 0.25) is 0 Å². The molecule has 1 radical (unpaired) electrons. The Morgan fingerprint density at radius 1 is 1.11 bits per heavy atom. The fourth-order valence-electron chi connectivity index (χ4n) is 1.33. The van der Waals surface area contributed by atoms with Gasteiger partial charge in [-0.1, -0.05) is 51.9 Å². The molecule has 0 atom stereocenters. The van der Waals surface area contributed by atoms with Crippen LogP contribution in [-0.4, -0.2) is 8.07 Å². The first-order valence-corrected chi connectivity index (χ1v) is 7.10. The molecule has 0 nitrogen and oxygen atoms in total. The van der Waals surface area contributed by atoms with E-state index < -0.39 is 8.07 Å². The molecule has 0 aliphatic carbocycles. The van der Waals surface area contributed by atoms with Crippen LogP contribution in [0.1, 0.15) is 26.7 Å². The van der Waals surface area contributed by atoms with E-state index in [1.165, 1.54) is 24.9 Å². The summed E-state index contributed by atoms with van der Waals surface area (Å²) in [5, 5.41) is 0. The first kappa shape index (κ1) is 9.22. The number of hydrogen-bond acceptors (Lipinski definition) is 0. The molecular weight excluding hydrogens is 124 g/mol. The molecule has 1 heteroatoms. The fourth-order valence-corrected chi connectivity index (χ4v) is 4.00. The Labute approximate surface area is 60.7 Å². The Morgan fingerprint density at radius 2 is 1.44 bits per heavy atom. The molecule has 0 unspecified atom stereocenters. The van der Waals surface area contributed by atoms with Crippen LogP contribution >= 0.6 is 0 Å². The van der Waals surface area contributed by atoms with Crippen LogP contribution in [0.3, 0.4) is 0 Å². The van der Waals surface area contributed by atoms with E-state index in [4.69, 9.17) is 0 Å². The van der Waals surface area contributed by atoms with Gasteiger partial charge in [0.1, 0.15) is 0 Å². The van der Waals surface area contributed by atoms with Crippen molar-refractivity contribution in [3.05, 3.63) is 6.55 Å². The normalized spacial score (nSPS) is 12.0. The zero-order chi connectivity index (χ0) is 7.33. The molecule has 0 heterocycles. The van der Waals surface area contributed by atoms with E-state index in [-0.39, 0.29) is 0 Å². The van der Waals surface area contributed by atoms with E-state index >= 15 is 0 Å². The molecule has 0 aromatic heterocycles. The third-order valence-electron chi connectivity index (χ3n) is 1.71. The van der Waals surface area contributed by atoms with E-state index in [1.807, 2.05) is 0 Å². The van der Waals surface area contributed by atoms with Crippen LogP contribution in [-0.2, 0) is 0 Å². The maximum absolute atomic E-state index is 4.29. The summed E-state index contributed by atoms with van der Waals surface area (Å²) in [6.07, 6.45) is 2.65. The van der Waals surface area contributed by atoms with Crippen molar-refractivity contribution in [2.75, 3.05) is 0 Å². The molecule has 0 rings (SSSR count). The quantitative estimate of drug-likeness (QED) is 0.530. The van der Waals surface area contributed by atoms with E-state index in [2.05, 4.69) is 26.9 Å². The lowest BCUT2D eigenvalue weighted by Gasteiger charge is -2.19. The highest BCUT2D eigenvalue weighted by Gasteiger charge is 2.16. The SMILES string of the molecule is [CH2][Si](C)(CCC)CCC. The average Bonchev–Trinajstić information content (AvgIpc) is 1.64. The monoisotopic (exact) mass is 143 g/mol. The van der Waals surface area contributed by atoms with Gasteiger partial charge < -0.3 is 0 Å². The molecule has 0 saturated carbocycles. The molecule has 55 valence electrons. The summed E-state index contributed by atoms with van der Waals surface area (Å²) in [6.45, 7) is 11.2. The van der Waals surface area contributed by atoms with Crippen LogP contribution in [0.5, 0.6) is 0 Å². The molecule has 0 amide bonds. The lowest BCUT2D eigenvalue weighted by molar-refractivity contribution is 0.989. The minimum atomic E-state index is -0.953. The maximum Gasteiger partial charge on any atom is 0.0501 e. The molecule has 0 aliphatic heterocycles. The van der Waals surface area contributed by atoms with Gasteiger partial charge in [-0.15, -0.1) is 0 Å². The van der Waals surface area contributed by atoms with Crippen molar-refractivity contribution in [2.24, 2.45) is 0 Å². The van der Waals surface area contributed by atoms with E-state index in [9.17, 15) is 0 Å². The summed E-state index contributed by atoms with van der Waals surface area (Å²) >= 11 is 0. The molecule has 0 aromatic rings. The van der Waals surface area contributed by atoms with Crippen molar-refractivity contribution in [1.29, 1.82) is 0 Å². The molecule has 0 bridgehead atoms. The standard InChI is InChI=1S/C8H19Si/c1-5-7-9(3,4)8-6-2/h3,5-8H2,1-2,4H3. The summed E-state index contributed by atoms with van der Waals surface area (Å²) in [5.74, 6) is 0. The Hall–Kier alpha value is 0.217. The maximum atomic E-state index is 4.29. The zero-order valence-electron chi connectivity index (χ0n) is 7.04. The van der Waals surface area contributed by atoms with Gasteiger partial charge in [-0.2, -0.15) is 0 Å². The zero-order valence-corrected chi connectivity index (χ0v) is 8.04. The van der Waals surface area contributed by atoms with Crippen LogP contribution < -0.4 is 0 Å². The summed E-state index contributed by atoms with van der Waals surface area (Å²) in [4.78, 5) is 0. The highest BCUT2D eigenvalue weighted by Crippen LogP contribution is 2.17. The number of rotatable bonds is 4. The molecule has 0 fully saturated rings. The Bertz CT molecular complexity index is 59.0. The smallest absolute Gasteiger partial charge is 0.0501 e. The molecule has 0 saturated heterocycles. The van der Waals surface area contributed by atoms with Crippen molar-refractivity contribution in [1.82, 2.24) is 0 Å². The van der Waals surface area contributed by atoms with Crippen LogP contribution in [0.2, 0.25) is 18.6 Å². The Morgan fingerprint density at radius 3 is 1.67 bits per heavy atom. The topological polar surface area (TPSA) is 0 Å². The van der Waals surface area contributed by atoms with E-state index in [0.717, 1.165) is 0 Å². The van der Waals surface area contributed by atoms with Crippen molar-refractivity contribution in [3.8, 4) is 0 Å². The molecule has 0 aliphatic rings. The first-order chi connectivity index (χ1) is 4.12. The molecule has 0 aromatic carbocycles. The van der Waals surface area contributed by atoms with E-state index in [0.29, 0.717) is 0 Å². The minimum absolute atomic E-state index is 0.953. The summed E-state index contributed by atoms with van der Waals surface area (Å²) < 4.78 is 0. The van der Waals surface area contributed by atoms with Crippen molar-refractivity contribution in [2.45, 2.75) is 45.3 Å².